The summed E-state index contributed by atoms with van der Waals surface area (Å²) in [6, 6.07) is 0.762. The van der Waals surface area contributed by atoms with Gasteiger partial charge >= 0.3 is 0 Å². The van der Waals surface area contributed by atoms with Gasteiger partial charge < -0.3 is 9.88 Å². The van der Waals surface area contributed by atoms with Crippen LogP contribution in [0.5, 0.6) is 0 Å². The summed E-state index contributed by atoms with van der Waals surface area (Å²) in [5, 5.41) is 0. The maximum absolute atomic E-state index is 12.2. The summed E-state index contributed by atoms with van der Waals surface area (Å²) in [4.78, 5) is 23.5. The average molecular weight is 262 g/mol. The van der Waals surface area contributed by atoms with Gasteiger partial charge in [0.25, 0.3) is 5.91 Å². The molecule has 5 nitrogen and oxygen atoms in total. The molecule has 104 valence electrons. The summed E-state index contributed by atoms with van der Waals surface area (Å²) in [7, 11) is 0. The standard InChI is InChI=1S/C14H22N4O/c19-14(13-10-15-11-16-13)18-8-6-17(7-9-18)12-4-2-1-3-5-12/h10-12H,1-9H2,(H,15,16). The van der Waals surface area contributed by atoms with Gasteiger partial charge in [-0.25, -0.2) is 4.98 Å². The largest absolute Gasteiger partial charge is 0.341 e. The van der Waals surface area contributed by atoms with Crippen molar-refractivity contribution in [1.29, 1.82) is 0 Å². The van der Waals surface area contributed by atoms with Crippen LogP contribution in [0.4, 0.5) is 0 Å². The van der Waals surface area contributed by atoms with Gasteiger partial charge in [0, 0.05) is 32.2 Å². The number of carbonyl (C=O) groups excluding carboxylic acids is 1. The fourth-order valence-corrected chi connectivity index (χ4v) is 3.28. The highest BCUT2D eigenvalue weighted by Gasteiger charge is 2.27. The van der Waals surface area contributed by atoms with Crippen molar-refractivity contribution in [3.05, 3.63) is 18.2 Å². The lowest BCUT2D eigenvalue weighted by molar-refractivity contribution is 0.0519. The van der Waals surface area contributed by atoms with Crippen molar-refractivity contribution in [2.24, 2.45) is 0 Å². The highest BCUT2D eigenvalue weighted by atomic mass is 16.2. The number of nitrogens with one attached hydrogen (secondary N) is 1. The molecular formula is C14H22N4O. The first kappa shape index (κ1) is 12.7. The van der Waals surface area contributed by atoms with E-state index >= 15 is 0 Å². The normalized spacial score (nSPS) is 22.6. The molecule has 2 heterocycles. The minimum atomic E-state index is 0.0841. The van der Waals surface area contributed by atoms with Gasteiger partial charge in [-0.05, 0) is 12.8 Å². The second kappa shape index (κ2) is 5.74. The number of rotatable bonds is 2. The minimum Gasteiger partial charge on any atom is -0.341 e. The molecule has 1 aromatic heterocycles. The zero-order chi connectivity index (χ0) is 13.1. The number of amides is 1. The molecule has 2 fully saturated rings. The van der Waals surface area contributed by atoms with Crippen molar-refractivity contribution < 1.29 is 4.79 Å². The van der Waals surface area contributed by atoms with E-state index in [-0.39, 0.29) is 5.91 Å². The number of H-pyrrole nitrogens is 1. The van der Waals surface area contributed by atoms with Crippen molar-refractivity contribution in [3.63, 3.8) is 0 Å². The lowest BCUT2D eigenvalue weighted by atomic mass is 9.94. The van der Waals surface area contributed by atoms with Crippen molar-refractivity contribution in [1.82, 2.24) is 19.8 Å². The van der Waals surface area contributed by atoms with Gasteiger partial charge in [-0.15, -0.1) is 0 Å². The maximum Gasteiger partial charge on any atom is 0.272 e. The highest BCUT2D eigenvalue weighted by molar-refractivity contribution is 5.92. The summed E-state index contributed by atoms with van der Waals surface area (Å²) in [5.41, 5.74) is 0.603. The van der Waals surface area contributed by atoms with Gasteiger partial charge in [-0.3, -0.25) is 9.69 Å². The lowest BCUT2D eigenvalue weighted by Crippen LogP contribution is -2.52. The highest BCUT2D eigenvalue weighted by Crippen LogP contribution is 2.23. The monoisotopic (exact) mass is 262 g/mol. The zero-order valence-corrected chi connectivity index (χ0v) is 11.3. The Morgan fingerprint density at radius 1 is 1.16 bits per heavy atom. The third kappa shape index (κ3) is 2.81. The average Bonchev–Trinajstić information content (AvgIpc) is 3.02. The van der Waals surface area contributed by atoms with Crippen LogP contribution in [0.2, 0.25) is 0 Å². The number of aromatic amines is 1. The van der Waals surface area contributed by atoms with E-state index in [0.717, 1.165) is 32.2 Å². The summed E-state index contributed by atoms with van der Waals surface area (Å²) in [6.45, 7) is 3.72. The van der Waals surface area contributed by atoms with Gasteiger partial charge in [-0.1, -0.05) is 19.3 Å². The summed E-state index contributed by atoms with van der Waals surface area (Å²) in [6.07, 6.45) is 10.00. The van der Waals surface area contributed by atoms with E-state index in [0.29, 0.717) is 5.69 Å². The molecule has 0 spiro atoms. The van der Waals surface area contributed by atoms with Crippen LogP contribution >= 0.6 is 0 Å². The molecule has 0 unspecified atom stereocenters. The number of hydrogen-bond acceptors (Lipinski definition) is 3. The van der Waals surface area contributed by atoms with Crippen molar-refractivity contribution in [2.75, 3.05) is 26.2 Å². The van der Waals surface area contributed by atoms with Gasteiger partial charge in [0.1, 0.15) is 5.69 Å². The van der Waals surface area contributed by atoms with E-state index in [1.54, 1.807) is 12.5 Å². The van der Waals surface area contributed by atoms with Crippen LogP contribution in [0.25, 0.3) is 0 Å². The molecule has 3 rings (SSSR count). The van der Waals surface area contributed by atoms with Crippen LogP contribution in [0.3, 0.4) is 0 Å². The molecule has 1 saturated carbocycles. The Morgan fingerprint density at radius 3 is 2.53 bits per heavy atom. The third-order valence-corrected chi connectivity index (χ3v) is 4.42. The molecule has 0 bridgehead atoms. The molecule has 19 heavy (non-hydrogen) atoms. The van der Waals surface area contributed by atoms with E-state index in [1.807, 2.05) is 4.90 Å². The lowest BCUT2D eigenvalue weighted by Gasteiger charge is -2.40. The first-order valence-corrected chi connectivity index (χ1v) is 7.36. The molecule has 1 aliphatic carbocycles. The van der Waals surface area contributed by atoms with E-state index in [2.05, 4.69) is 14.9 Å². The fourth-order valence-electron chi connectivity index (χ4n) is 3.28. The topological polar surface area (TPSA) is 52.2 Å². The Balaban J connectivity index is 1.53. The molecule has 1 aliphatic heterocycles. The summed E-state index contributed by atoms with van der Waals surface area (Å²) >= 11 is 0. The Labute approximate surface area is 114 Å². The summed E-state index contributed by atoms with van der Waals surface area (Å²) < 4.78 is 0. The SMILES string of the molecule is O=C(c1cnc[nH]1)N1CCN(C2CCCCC2)CC1. The van der Waals surface area contributed by atoms with Gasteiger partial charge in [0.15, 0.2) is 0 Å². The van der Waals surface area contributed by atoms with E-state index in [4.69, 9.17) is 0 Å². The number of nitrogens with zero attached hydrogens (tertiary/aromatic N) is 3. The van der Waals surface area contributed by atoms with Crippen LogP contribution in [-0.2, 0) is 0 Å². The number of hydrogen-bond donors (Lipinski definition) is 1. The van der Waals surface area contributed by atoms with Crippen LogP contribution in [0, 0.1) is 0 Å². The smallest absolute Gasteiger partial charge is 0.272 e. The molecule has 1 aromatic rings. The fraction of sp³-hybridized carbons (Fsp3) is 0.714. The van der Waals surface area contributed by atoms with E-state index < -0.39 is 0 Å². The molecule has 0 aromatic carbocycles. The number of imidazole rings is 1. The molecule has 0 atom stereocenters. The number of carbonyl (C=O) groups is 1. The predicted octanol–water partition coefficient (Wildman–Crippen LogP) is 1.50. The van der Waals surface area contributed by atoms with Crippen LogP contribution in [0.15, 0.2) is 12.5 Å². The Bertz CT molecular complexity index is 403. The van der Waals surface area contributed by atoms with Crippen LogP contribution in [-0.4, -0.2) is 57.9 Å². The van der Waals surface area contributed by atoms with E-state index in [9.17, 15) is 4.79 Å². The van der Waals surface area contributed by atoms with Gasteiger partial charge in [-0.2, -0.15) is 0 Å². The Morgan fingerprint density at radius 2 is 1.89 bits per heavy atom. The maximum atomic E-state index is 12.2. The first-order valence-electron chi connectivity index (χ1n) is 7.36. The molecule has 1 amide bonds. The molecular weight excluding hydrogens is 240 g/mol. The van der Waals surface area contributed by atoms with Crippen molar-refractivity contribution in [2.45, 2.75) is 38.1 Å². The van der Waals surface area contributed by atoms with Crippen molar-refractivity contribution >= 4 is 5.91 Å². The molecule has 1 saturated heterocycles. The Kier molecular flexibility index (Phi) is 3.82. The number of piperazine rings is 1. The minimum absolute atomic E-state index is 0.0841. The molecule has 0 radical (unpaired) electrons. The Hall–Kier alpha value is -1.36. The molecule has 5 heteroatoms. The molecule has 1 N–H and O–H groups in total. The zero-order valence-electron chi connectivity index (χ0n) is 11.3. The quantitative estimate of drug-likeness (QED) is 0.878. The predicted molar refractivity (Wildman–Crippen MR) is 72.9 cm³/mol. The van der Waals surface area contributed by atoms with Crippen molar-refractivity contribution in [3.8, 4) is 0 Å². The van der Waals surface area contributed by atoms with E-state index in [1.165, 1.54) is 32.1 Å². The summed E-state index contributed by atoms with van der Waals surface area (Å²) in [5.74, 6) is 0.0841. The first-order chi connectivity index (χ1) is 9.34. The third-order valence-electron chi connectivity index (χ3n) is 4.42. The number of aromatic nitrogens is 2. The second-order valence-corrected chi connectivity index (χ2v) is 5.59. The van der Waals surface area contributed by atoms with Gasteiger partial charge in [0.05, 0.1) is 12.5 Å². The van der Waals surface area contributed by atoms with Gasteiger partial charge in [0.2, 0.25) is 0 Å². The van der Waals surface area contributed by atoms with Crippen LogP contribution in [0.1, 0.15) is 42.6 Å². The second-order valence-electron chi connectivity index (χ2n) is 5.59. The van der Waals surface area contributed by atoms with Crippen LogP contribution < -0.4 is 0 Å². The molecule has 2 aliphatic rings.